The van der Waals surface area contributed by atoms with Gasteiger partial charge >= 0.3 is 0 Å². The van der Waals surface area contributed by atoms with Crippen molar-refractivity contribution in [3.63, 3.8) is 0 Å². The molecule has 0 fully saturated rings. The number of nitrogens with one attached hydrogen (secondary N) is 2. The molecule has 0 saturated heterocycles. The molecule has 1 aromatic carbocycles. The molecule has 0 saturated carbocycles. The molecule has 0 aliphatic carbocycles. The molecule has 0 radical (unpaired) electrons. The minimum Gasteiger partial charge on any atom is -0.506 e. The van der Waals surface area contributed by atoms with Crippen LogP contribution < -0.4 is 10.9 Å². The van der Waals surface area contributed by atoms with Crippen LogP contribution in [0.1, 0.15) is 24.2 Å². The summed E-state index contributed by atoms with van der Waals surface area (Å²) in [5.41, 5.74) is 0.466. The maximum absolute atomic E-state index is 12.1. The fourth-order valence-corrected chi connectivity index (χ4v) is 1.87. The zero-order chi connectivity index (χ0) is 14.0. The number of benzene rings is 1. The third-order valence-corrected chi connectivity index (χ3v) is 2.84. The van der Waals surface area contributed by atoms with Gasteiger partial charge in [0.1, 0.15) is 5.75 Å². The number of rotatable bonds is 4. The number of phenolic OH excluding ortho intramolecular Hbond substituents is 1. The van der Waals surface area contributed by atoms with E-state index >= 15 is 0 Å². The van der Waals surface area contributed by atoms with Gasteiger partial charge < -0.3 is 15.4 Å². The van der Waals surface area contributed by atoms with E-state index < -0.39 is 0 Å². The molecule has 0 aliphatic rings. The Kier molecular flexibility index (Phi) is 3.66. The quantitative estimate of drug-likeness (QED) is 0.726. The molecule has 100 valence electrons. The molecule has 0 aliphatic heterocycles. The van der Waals surface area contributed by atoms with Crippen molar-refractivity contribution in [1.82, 2.24) is 10.3 Å². The number of aromatic amines is 1. The summed E-state index contributed by atoms with van der Waals surface area (Å²) in [6.07, 6.45) is 0. The first-order valence-electron chi connectivity index (χ1n) is 6.10. The molecule has 5 heteroatoms. The molecule has 1 aromatic heterocycles. The average Bonchev–Trinajstić information content (AvgIpc) is 2.37. The highest BCUT2D eigenvalue weighted by molar-refractivity contribution is 6.09. The van der Waals surface area contributed by atoms with Crippen LogP contribution in [-0.2, 0) is 0 Å². The first-order valence-corrected chi connectivity index (χ1v) is 6.10. The highest BCUT2D eigenvalue weighted by atomic mass is 16.3. The summed E-state index contributed by atoms with van der Waals surface area (Å²) in [4.78, 5) is 25.9. The van der Waals surface area contributed by atoms with E-state index in [-0.39, 0.29) is 29.7 Å². The van der Waals surface area contributed by atoms with E-state index in [1.165, 1.54) is 12.1 Å². The van der Waals surface area contributed by atoms with Gasteiger partial charge in [-0.1, -0.05) is 13.8 Å². The van der Waals surface area contributed by atoms with Crippen molar-refractivity contribution in [2.45, 2.75) is 19.9 Å². The number of hydrogen-bond acceptors (Lipinski definition) is 4. The predicted molar refractivity (Wildman–Crippen MR) is 73.7 cm³/mol. The number of fused-ring (bicyclic) bond motifs is 1. The summed E-state index contributed by atoms with van der Waals surface area (Å²) >= 11 is 0. The van der Waals surface area contributed by atoms with Crippen LogP contribution in [0.4, 0.5) is 0 Å². The monoisotopic (exact) mass is 260 g/mol. The molecule has 0 atom stereocenters. The second-order valence-electron chi connectivity index (χ2n) is 4.70. The minimum atomic E-state index is -0.312. The Balaban J connectivity index is 2.47. The first-order chi connectivity index (χ1) is 8.99. The molecule has 2 aromatic rings. The second-order valence-corrected chi connectivity index (χ2v) is 4.70. The maximum atomic E-state index is 12.1. The van der Waals surface area contributed by atoms with Gasteiger partial charge in [0.25, 0.3) is 0 Å². The number of H-pyrrole nitrogens is 1. The fraction of sp³-hybridized carbons (Fsp3) is 0.286. The van der Waals surface area contributed by atoms with Crippen molar-refractivity contribution in [2.75, 3.05) is 6.54 Å². The summed E-state index contributed by atoms with van der Waals surface area (Å²) in [5, 5.41) is 13.3. The van der Waals surface area contributed by atoms with Gasteiger partial charge in [-0.05, 0) is 18.2 Å². The minimum absolute atomic E-state index is 0.0407. The molecule has 0 spiro atoms. The van der Waals surface area contributed by atoms with E-state index in [1.807, 2.05) is 13.8 Å². The normalized spacial score (nSPS) is 11.1. The Bertz CT molecular complexity index is 674. The van der Waals surface area contributed by atoms with Crippen molar-refractivity contribution in [1.29, 1.82) is 0 Å². The molecule has 0 unspecified atom stereocenters. The lowest BCUT2D eigenvalue weighted by Crippen LogP contribution is -2.29. The molecule has 0 bridgehead atoms. The van der Waals surface area contributed by atoms with Gasteiger partial charge in [0.15, 0.2) is 5.78 Å². The van der Waals surface area contributed by atoms with E-state index in [0.29, 0.717) is 16.5 Å². The van der Waals surface area contributed by atoms with E-state index in [0.717, 1.165) is 0 Å². The van der Waals surface area contributed by atoms with Gasteiger partial charge in [-0.25, -0.2) is 0 Å². The Morgan fingerprint density at radius 1 is 1.32 bits per heavy atom. The standard InChI is InChI=1S/C14H16N2O3/c1-8(2)15-7-12(18)9-3-5-11(17)14-10(9)4-6-13(19)16-14/h3-6,8,15,17H,7H2,1-2H3,(H,16,19). The second kappa shape index (κ2) is 5.24. The Hall–Kier alpha value is -2.14. The van der Waals surface area contributed by atoms with Gasteiger partial charge in [0.2, 0.25) is 5.56 Å². The van der Waals surface area contributed by atoms with Crippen LogP contribution in [0.15, 0.2) is 29.1 Å². The largest absolute Gasteiger partial charge is 0.506 e. The van der Waals surface area contributed by atoms with Crippen molar-refractivity contribution in [2.24, 2.45) is 0 Å². The van der Waals surface area contributed by atoms with Crippen LogP contribution in [0.2, 0.25) is 0 Å². The van der Waals surface area contributed by atoms with Gasteiger partial charge in [-0.15, -0.1) is 0 Å². The number of carbonyl (C=O) groups excluding carboxylic acids is 1. The van der Waals surface area contributed by atoms with Gasteiger partial charge in [-0.2, -0.15) is 0 Å². The highest BCUT2D eigenvalue weighted by Crippen LogP contribution is 2.24. The zero-order valence-electron chi connectivity index (χ0n) is 10.9. The molecule has 0 amide bonds. The molecule has 2 rings (SSSR count). The predicted octanol–water partition coefficient (Wildman–Crippen LogP) is 1.41. The van der Waals surface area contributed by atoms with Crippen LogP contribution in [0.3, 0.4) is 0 Å². The van der Waals surface area contributed by atoms with Crippen LogP contribution in [0, 0.1) is 0 Å². The molecular weight excluding hydrogens is 244 g/mol. The molecular formula is C14H16N2O3. The summed E-state index contributed by atoms with van der Waals surface area (Å²) in [7, 11) is 0. The molecule has 5 nitrogen and oxygen atoms in total. The molecule has 19 heavy (non-hydrogen) atoms. The van der Waals surface area contributed by atoms with Crippen LogP contribution in [0.5, 0.6) is 5.75 Å². The van der Waals surface area contributed by atoms with Gasteiger partial charge in [0, 0.05) is 23.1 Å². The lowest BCUT2D eigenvalue weighted by molar-refractivity contribution is 0.0990. The van der Waals surface area contributed by atoms with Crippen LogP contribution >= 0.6 is 0 Å². The van der Waals surface area contributed by atoms with Crippen molar-refractivity contribution < 1.29 is 9.90 Å². The van der Waals surface area contributed by atoms with Gasteiger partial charge in [-0.3, -0.25) is 9.59 Å². The van der Waals surface area contributed by atoms with Crippen LogP contribution in [0.25, 0.3) is 10.9 Å². The maximum Gasteiger partial charge on any atom is 0.248 e. The van der Waals surface area contributed by atoms with Gasteiger partial charge in [0.05, 0.1) is 12.1 Å². The fourth-order valence-electron chi connectivity index (χ4n) is 1.87. The number of aromatic hydroxyl groups is 1. The van der Waals surface area contributed by atoms with Crippen molar-refractivity contribution in [3.05, 3.63) is 40.2 Å². The number of carbonyl (C=O) groups is 1. The number of aromatic nitrogens is 1. The van der Waals surface area contributed by atoms with E-state index in [4.69, 9.17) is 0 Å². The molecule has 3 N–H and O–H groups in total. The third kappa shape index (κ3) is 2.82. The Morgan fingerprint density at radius 3 is 2.74 bits per heavy atom. The Labute approximate surface area is 110 Å². The first kappa shape index (κ1) is 13.3. The number of ketones is 1. The zero-order valence-corrected chi connectivity index (χ0v) is 10.9. The third-order valence-electron chi connectivity index (χ3n) is 2.84. The SMILES string of the molecule is CC(C)NCC(=O)c1ccc(O)c2[nH]c(=O)ccc12. The van der Waals surface area contributed by atoms with Crippen molar-refractivity contribution in [3.8, 4) is 5.75 Å². The lowest BCUT2D eigenvalue weighted by atomic mass is 10.0. The highest BCUT2D eigenvalue weighted by Gasteiger charge is 2.13. The van der Waals surface area contributed by atoms with Crippen LogP contribution in [-0.4, -0.2) is 28.5 Å². The molecule has 1 heterocycles. The average molecular weight is 260 g/mol. The van der Waals surface area contributed by atoms with E-state index in [1.54, 1.807) is 12.1 Å². The number of Topliss-reactive ketones (excluding diaryl/α,β-unsaturated/α-hetero) is 1. The summed E-state index contributed by atoms with van der Waals surface area (Å²) in [6, 6.07) is 6.10. The number of pyridine rings is 1. The summed E-state index contributed by atoms with van der Waals surface area (Å²) < 4.78 is 0. The van der Waals surface area contributed by atoms with Crippen molar-refractivity contribution >= 4 is 16.7 Å². The Morgan fingerprint density at radius 2 is 2.05 bits per heavy atom. The smallest absolute Gasteiger partial charge is 0.248 e. The summed E-state index contributed by atoms with van der Waals surface area (Å²) in [5.74, 6) is -0.119. The summed E-state index contributed by atoms with van der Waals surface area (Å²) in [6.45, 7) is 4.13. The van der Waals surface area contributed by atoms with E-state index in [9.17, 15) is 14.7 Å². The number of phenols is 1. The van der Waals surface area contributed by atoms with E-state index in [2.05, 4.69) is 10.3 Å². The topological polar surface area (TPSA) is 82.2 Å². The number of hydrogen-bond donors (Lipinski definition) is 3. The lowest BCUT2D eigenvalue weighted by Gasteiger charge is -2.09.